The highest BCUT2D eigenvalue weighted by molar-refractivity contribution is 5.80. The lowest BCUT2D eigenvalue weighted by atomic mass is 9.93. The lowest BCUT2D eigenvalue weighted by Crippen LogP contribution is -2.52. The van der Waals surface area contributed by atoms with Crippen LogP contribution in [0.1, 0.15) is 38.5 Å². The van der Waals surface area contributed by atoms with Crippen LogP contribution in [0.15, 0.2) is 0 Å². The largest absolute Gasteiger partial charge is 0.393 e. The van der Waals surface area contributed by atoms with E-state index in [0.717, 1.165) is 51.6 Å². The zero-order valence-electron chi connectivity index (χ0n) is 10.3. The van der Waals surface area contributed by atoms with Gasteiger partial charge in [-0.2, -0.15) is 0 Å². The normalized spacial score (nSPS) is 41.6. The molecule has 0 radical (unpaired) electrons. The fraction of sp³-hybridized carbons (Fsp3) is 0.923. The molecular weight excluding hydrogens is 216 g/mol. The summed E-state index contributed by atoms with van der Waals surface area (Å²) in [5.41, 5.74) is 0. The molecule has 0 aromatic rings. The van der Waals surface area contributed by atoms with E-state index in [9.17, 15) is 9.90 Å². The van der Waals surface area contributed by atoms with Gasteiger partial charge in [-0.15, -0.1) is 0 Å². The van der Waals surface area contributed by atoms with Crippen LogP contribution in [0.5, 0.6) is 0 Å². The van der Waals surface area contributed by atoms with Crippen LogP contribution in [-0.4, -0.2) is 47.2 Å². The second-order valence-electron chi connectivity index (χ2n) is 5.80. The third-order valence-electron chi connectivity index (χ3n) is 4.61. The number of carbonyl (C=O) groups is 1. The Bertz CT molecular complexity index is 288. The maximum absolute atomic E-state index is 12.5. The van der Waals surface area contributed by atoms with Crippen molar-refractivity contribution < 1.29 is 9.90 Å². The van der Waals surface area contributed by atoms with E-state index in [4.69, 9.17) is 0 Å². The summed E-state index contributed by atoms with van der Waals surface area (Å²) in [6.07, 6.45) is 5.74. The number of fused-ring (bicyclic) bond motifs is 2. The predicted molar refractivity (Wildman–Crippen MR) is 64.5 cm³/mol. The number of hydrogen-bond donors (Lipinski definition) is 2. The smallest absolute Gasteiger partial charge is 0.227 e. The number of amides is 1. The van der Waals surface area contributed by atoms with Crippen LogP contribution >= 0.6 is 0 Å². The number of aliphatic hydroxyl groups is 1. The molecular formula is C13H22N2O2. The van der Waals surface area contributed by atoms with Crippen molar-refractivity contribution in [2.45, 2.75) is 56.7 Å². The molecule has 3 fully saturated rings. The maximum atomic E-state index is 12.5. The summed E-state index contributed by atoms with van der Waals surface area (Å²) in [6.45, 7) is 1.90. The average Bonchev–Trinajstić information content (AvgIpc) is 2.62. The van der Waals surface area contributed by atoms with Crippen LogP contribution in [0, 0.1) is 5.92 Å². The van der Waals surface area contributed by atoms with E-state index in [0.29, 0.717) is 18.0 Å². The Morgan fingerprint density at radius 3 is 2.47 bits per heavy atom. The second kappa shape index (κ2) is 4.58. The van der Waals surface area contributed by atoms with Gasteiger partial charge in [0.15, 0.2) is 0 Å². The first-order chi connectivity index (χ1) is 8.25. The van der Waals surface area contributed by atoms with Gasteiger partial charge in [-0.3, -0.25) is 4.79 Å². The molecule has 1 amide bonds. The van der Waals surface area contributed by atoms with Crippen molar-refractivity contribution in [3.8, 4) is 0 Å². The standard InChI is InChI=1S/C13H22N2O2/c16-12-6-10-3-4-11(7-12)15(10)13(17)9-2-1-5-14-8-9/h9-12,14,16H,1-8H2/t9-,10?,11?,12?/m0/s1. The van der Waals surface area contributed by atoms with E-state index in [1.165, 1.54) is 0 Å². The van der Waals surface area contributed by atoms with Gasteiger partial charge in [0, 0.05) is 18.6 Å². The summed E-state index contributed by atoms with van der Waals surface area (Å²) in [4.78, 5) is 14.6. The van der Waals surface area contributed by atoms with Crippen molar-refractivity contribution in [1.29, 1.82) is 0 Å². The average molecular weight is 238 g/mol. The molecule has 2 unspecified atom stereocenters. The van der Waals surface area contributed by atoms with Crippen LogP contribution in [0.25, 0.3) is 0 Å². The topological polar surface area (TPSA) is 52.6 Å². The van der Waals surface area contributed by atoms with E-state index >= 15 is 0 Å². The Kier molecular flexibility index (Phi) is 3.09. The molecule has 2 bridgehead atoms. The summed E-state index contributed by atoms with van der Waals surface area (Å²) in [5, 5.41) is 13.1. The number of rotatable bonds is 1. The maximum Gasteiger partial charge on any atom is 0.227 e. The quantitative estimate of drug-likeness (QED) is 0.699. The molecule has 0 aromatic heterocycles. The van der Waals surface area contributed by atoms with E-state index in [-0.39, 0.29) is 12.0 Å². The monoisotopic (exact) mass is 238 g/mol. The molecule has 0 aliphatic carbocycles. The molecule has 3 aliphatic rings. The third kappa shape index (κ3) is 2.08. The molecule has 3 saturated heterocycles. The van der Waals surface area contributed by atoms with E-state index in [1.54, 1.807) is 0 Å². The molecule has 17 heavy (non-hydrogen) atoms. The summed E-state index contributed by atoms with van der Waals surface area (Å²) in [6, 6.07) is 0.636. The minimum Gasteiger partial charge on any atom is -0.393 e. The van der Waals surface area contributed by atoms with Crippen LogP contribution in [0.2, 0.25) is 0 Å². The molecule has 96 valence electrons. The van der Waals surface area contributed by atoms with Crippen LogP contribution in [0.4, 0.5) is 0 Å². The van der Waals surface area contributed by atoms with Crippen LogP contribution < -0.4 is 5.32 Å². The number of carbonyl (C=O) groups excluding carboxylic acids is 1. The van der Waals surface area contributed by atoms with Gasteiger partial charge in [0.05, 0.1) is 12.0 Å². The molecule has 0 saturated carbocycles. The van der Waals surface area contributed by atoms with Crippen molar-refractivity contribution >= 4 is 5.91 Å². The van der Waals surface area contributed by atoms with Crippen molar-refractivity contribution in [3.05, 3.63) is 0 Å². The zero-order chi connectivity index (χ0) is 11.8. The second-order valence-corrected chi connectivity index (χ2v) is 5.80. The van der Waals surface area contributed by atoms with Gasteiger partial charge in [-0.05, 0) is 45.1 Å². The predicted octanol–water partition coefficient (Wildman–Crippen LogP) is 0.500. The van der Waals surface area contributed by atoms with E-state index in [1.807, 2.05) is 0 Å². The number of aliphatic hydroxyl groups excluding tert-OH is 1. The minimum absolute atomic E-state index is 0.180. The highest BCUT2D eigenvalue weighted by atomic mass is 16.3. The molecule has 3 atom stereocenters. The lowest BCUT2D eigenvalue weighted by molar-refractivity contribution is -0.142. The first-order valence-electron chi connectivity index (χ1n) is 6.96. The zero-order valence-corrected chi connectivity index (χ0v) is 10.3. The number of nitrogens with one attached hydrogen (secondary N) is 1. The van der Waals surface area contributed by atoms with Gasteiger partial charge in [0.2, 0.25) is 5.91 Å². The fourth-order valence-corrected chi connectivity index (χ4v) is 3.78. The van der Waals surface area contributed by atoms with Crippen molar-refractivity contribution in [1.82, 2.24) is 10.2 Å². The lowest BCUT2D eigenvalue weighted by Gasteiger charge is -2.39. The van der Waals surface area contributed by atoms with Crippen molar-refractivity contribution in [2.24, 2.45) is 5.92 Å². The van der Waals surface area contributed by atoms with E-state index in [2.05, 4.69) is 10.2 Å². The molecule has 0 spiro atoms. The molecule has 3 rings (SSSR count). The van der Waals surface area contributed by atoms with Crippen LogP contribution in [0.3, 0.4) is 0 Å². The molecule has 0 aromatic carbocycles. The highest BCUT2D eigenvalue weighted by Gasteiger charge is 2.44. The summed E-state index contributed by atoms with van der Waals surface area (Å²) in [5.74, 6) is 0.527. The number of nitrogens with zero attached hydrogens (tertiary/aromatic N) is 1. The van der Waals surface area contributed by atoms with Gasteiger partial charge < -0.3 is 15.3 Å². The Balaban J connectivity index is 1.69. The Morgan fingerprint density at radius 2 is 1.88 bits per heavy atom. The fourth-order valence-electron chi connectivity index (χ4n) is 3.78. The minimum atomic E-state index is -0.180. The summed E-state index contributed by atoms with van der Waals surface area (Å²) < 4.78 is 0. The first-order valence-corrected chi connectivity index (χ1v) is 6.96. The Morgan fingerprint density at radius 1 is 1.18 bits per heavy atom. The third-order valence-corrected chi connectivity index (χ3v) is 4.61. The molecule has 2 N–H and O–H groups in total. The van der Waals surface area contributed by atoms with Gasteiger partial charge in [-0.1, -0.05) is 0 Å². The van der Waals surface area contributed by atoms with Crippen molar-refractivity contribution in [3.63, 3.8) is 0 Å². The molecule has 4 nitrogen and oxygen atoms in total. The van der Waals surface area contributed by atoms with Crippen LogP contribution in [-0.2, 0) is 4.79 Å². The number of hydrogen-bond acceptors (Lipinski definition) is 3. The molecule has 3 heterocycles. The molecule has 3 aliphatic heterocycles. The SMILES string of the molecule is O=C([C@H]1CCCNC1)N1C2CCC1CC(O)C2. The summed E-state index contributed by atoms with van der Waals surface area (Å²) in [7, 11) is 0. The van der Waals surface area contributed by atoms with Gasteiger partial charge in [0.25, 0.3) is 0 Å². The Labute approximate surface area is 102 Å². The number of piperidine rings is 2. The van der Waals surface area contributed by atoms with Crippen molar-refractivity contribution in [2.75, 3.05) is 13.1 Å². The molecule has 4 heteroatoms. The van der Waals surface area contributed by atoms with Gasteiger partial charge in [0.1, 0.15) is 0 Å². The van der Waals surface area contributed by atoms with Gasteiger partial charge in [-0.25, -0.2) is 0 Å². The van der Waals surface area contributed by atoms with E-state index < -0.39 is 0 Å². The summed E-state index contributed by atoms with van der Waals surface area (Å²) >= 11 is 0. The first kappa shape index (κ1) is 11.5. The van der Waals surface area contributed by atoms with Gasteiger partial charge >= 0.3 is 0 Å². The Hall–Kier alpha value is -0.610. The highest BCUT2D eigenvalue weighted by Crippen LogP contribution is 2.37.